The van der Waals surface area contributed by atoms with Gasteiger partial charge in [-0.15, -0.1) is 11.3 Å². The van der Waals surface area contributed by atoms with Crippen molar-refractivity contribution >= 4 is 39.2 Å². The fraction of sp³-hybridized carbons (Fsp3) is 0.519. The molecule has 1 aromatic heterocycles. The van der Waals surface area contributed by atoms with E-state index in [0.717, 1.165) is 58.9 Å². The van der Waals surface area contributed by atoms with Crippen LogP contribution in [-0.4, -0.2) is 54.3 Å². The van der Waals surface area contributed by atoms with Gasteiger partial charge in [-0.05, 0) is 96.8 Å². The molecule has 5 rings (SSSR count). The smallest absolute Gasteiger partial charge is 0.244 e. The average Bonchev–Trinajstić information content (AvgIpc) is 3.55. The van der Waals surface area contributed by atoms with Gasteiger partial charge in [0.1, 0.15) is 5.75 Å². The average molecular weight is 546 g/mol. The molecule has 0 bridgehead atoms. The fourth-order valence-corrected chi connectivity index (χ4v) is 7.28. The first-order chi connectivity index (χ1) is 16.4. The highest BCUT2D eigenvalue weighted by Gasteiger charge is 2.57. The summed E-state index contributed by atoms with van der Waals surface area (Å²) in [5.41, 5.74) is -0.0919. The number of hydrogen-bond acceptors (Lipinski definition) is 5. The zero-order valence-corrected chi connectivity index (χ0v) is 22.0. The summed E-state index contributed by atoms with van der Waals surface area (Å²) >= 11 is 5.05. The number of fused-ring (bicyclic) bond motifs is 1. The van der Waals surface area contributed by atoms with Gasteiger partial charge in [0.05, 0.1) is 12.7 Å². The highest BCUT2D eigenvalue weighted by Crippen LogP contribution is 2.52. The number of β-amino-alcohol motifs (C(OH)–C–C–N with tert-alkyl or cyclic N) is 1. The van der Waals surface area contributed by atoms with E-state index in [4.69, 9.17) is 4.74 Å². The SMILES string of the molecule is COc1cccc([C@@]23CCN(CC4CC4)C[C@@]2(O)CC[C@H](NC(=O)C=Cc2cc(Br)cs2)C3)c1. The Morgan fingerprint density at radius 2 is 2.18 bits per heavy atom. The summed E-state index contributed by atoms with van der Waals surface area (Å²) in [5, 5.41) is 17.4. The summed E-state index contributed by atoms with van der Waals surface area (Å²) in [4.78, 5) is 16.3. The summed E-state index contributed by atoms with van der Waals surface area (Å²) in [6.07, 6.45) is 9.20. The molecule has 1 saturated heterocycles. The Morgan fingerprint density at radius 3 is 2.91 bits per heavy atom. The van der Waals surface area contributed by atoms with Crippen molar-refractivity contribution in [3.63, 3.8) is 0 Å². The monoisotopic (exact) mass is 544 g/mol. The van der Waals surface area contributed by atoms with Crippen molar-refractivity contribution in [1.29, 1.82) is 0 Å². The van der Waals surface area contributed by atoms with E-state index in [1.165, 1.54) is 12.8 Å². The highest BCUT2D eigenvalue weighted by atomic mass is 79.9. The van der Waals surface area contributed by atoms with Crippen LogP contribution in [0.1, 0.15) is 49.0 Å². The Bertz CT molecular complexity index is 1070. The Balaban J connectivity index is 1.36. The Morgan fingerprint density at radius 1 is 1.32 bits per heavy atom. The number of ether oxygens (including phenoxy) is 1. The number of aliphatic hydroxyl groups is 1. The molecule has 3 aliphatic rings. The first kappa shape index (κ1) is 24.0. The van der Waals surface area contributed by atoms with Crippen LogP contribution >= 0.6 is 27.3 Å². The number of likely N-dealkylation sites (tertiary alicyclic amines) is 1. The van der Waals surface area contributed by atoms with E-state index < -0.39 is 11.0 Å². The van der Waals surface area contributed by atoms with Crippen LogP contribution in [0.4, 0.5) is 0 Å². The molecule has 2 saturated carbocycles. The number of benzene rings is 1. The lowest BCUT2D eigenvalue weighted by Crippen LogP contribution is -2.67. The number of thiophene rings is 1. The van der Waals surface area contributed by atoms with Gasteiger partial charge in [-0.3, -0.25) is 4.79 Å². The summed E-state index contributed by atoms with van der Waals surface area (Å²) in [7, 11) is 1.68. The van der Waals surface area contributed by atoms with Crippen molar-refractivity contribution in [2.24, 2.45) is 5.92 Å². The molecule has 182 valence electrons. The minimum Gasteiger partial charge on any atom is -0.497 e. The van der Waals surface area contributed by atoms with E-state index >= 15 is 0 Å². The van der Waals surface area contributed by atoms with Gasteiger partial charge in [0.25, 0.3) is 0 Å². The summed E-state index contributed by atoms with van der Waals surface area (Å²) < 4.78 is 6.56. The van der Waals surface area contributed by atoms with Gasteiger partial charge in [0.15, 0.2) is 0 Å². The molecule has 0 radical (unpaired) electrons. The molecule has 3 atom stereocenters. The summed E-state index contributed by atoms with van der Waals surface area (Å²) in [6.45, 7) is 2.78. The van der Waals surface area contributed by atoms with Gasteiger partial charge >= 0.3 is 0 Å². The third-order valence-electron chi connectivity index (χ3n) is 7.90. The minimum absolute atomic E-state index is 0.0219. The van der Waals surface area contributed by atoms with Gasteiger partial charge in [-0.25, -0.2) is 0 Å². The van der Waals surface area contributed by atoms with Gasteiger partial charge in [-0.1, -0.05) is 12.1 Å². The lowest BCUT2D eigenvalue weighted by Gasteiger charge is -2.58. The first-order valence-corrected chi connectivity index (χ1v) is 13.9. The zero-order chi connectivity index (χ0) is 23.8. The third kappa shape index (κ3) is 4.99. The summed E-state index contributed by atoms with van der Waals surface area (Å²) in [6, 6.07) is 10.2. The number of carbonyl (C=O) groups is 1. The number of hydrogen-bond donors (Lipinski definition) is 2. The molecule has 2 aromatic rings. The Labute approximate surface area is 214 Å². The second-order valence-corrected chi connectivity index (χ2v) is 12.1. The van der Waals surface area contributed by atoms with Crippen LogP contribution in [-0.2, 0) is 10.2 Å². The molecule has 5 nitrogen and oxygen atoms in total. The number of nitrogens with one attached hydrogen (secondary N) is 1. The number of carbonyl (C=O) groups excluding carboxylic acids is 1. The first-order valence-electron chi connectivity index (χ1n) is 12.2. The molecular weight excluding hydrogens is 512 g/mol. The van der Waals surface area contributed by atoms with Crippen LogP contribution in [0.15, 0.2) is 46.3 Å². The lowest BCUT2D eigenvalue weighted by molar-refractivity contribution is -0.132. The quantitative estimate of drug-likeness (QED) is 0.482. The maximum atomic E-state index is 12.8. The standard InChI is InChI=1S/C27H33BrN2O3S/c1-33-23-4-2-3-20(13-23)26-11-12-30(16-19-5-6-19)18-27(26,32)10-9-22(15-26)29-25(31)8-7-24-14-21(28)17-34-24/h2-4,7-8,13-14,17,19,22,32H,5-6,9-12,15-16,18H2,1H3,(H,29,31)/t22-,26-,27-/m0/s1. The molecule has 0 spiro atoms. The topological polar surface area (TPSA) is 61.8 Å². The maximum Gasteiger partial charge on any atom is 0.244 e. The van der Waals surface area contributed by atoms with Crippen molar-refractivity contribution in [3.8, 4) is 5.75 Å². The predicted octanol–water partition coefficient (Wildman–Crippen LogP) is 4.99. The number of rotatable bonds is 7. The van der Waals surface area contributed by atoms with Crippen molar-refractivity contribution in [1.82, 2.24) is 10.2 Å². The van der Waals surface area contributed by atoms with Gasteiger partial charge in [-0.2, -0.15) is 0 Å². The molecule has 1 aliphatic heterocycles. The number of amides is 1. The van der Waals surface area contributed by atoms with E-state index in [1.54, 1.807) is 24.5 Å². The van der Waals surface area contributed by atoms with Crippen LogP contribution < -0.4 is 10.1 Å². The molecule has 0 unspecified atom stereocenters. The molecule has 1 aromatic carbocycles. The third-order valence-corrected chi connectivity index (χ3v) is 9.56. The molecular formula is C27H33BrN2O3S. The van der Waals surface area contributed by atoms with Crippen LogP contribution in [0.2, 0.25) is 0 Å². The van der Waals surface area contributed by atoms with Crippen molar-refractivity contribution in [3.05, 3.63) is 56.7 Å². The van der Waals surface area contributed by atoms with Gasteiger partial charge in [0, 0.05) is 45.4 Å². The van der Waals surface area contributed by atoms with E-state index in [9.17, 15) is 9.90 Å². The predicted molar refractivity (Wildman–Crippen MR) is 140 cm³/mol. The van der Waals surface area contributed by atoms with Gasteiger partial charge in [0.2, 0.25) is 5.91 Å². The molecule has 2 heterocycles. The van der Waals surface area contributed by atoms with Crippen LogP contribution in [0.5, 0.6) is 5.75 Å². The maximum absolute atomic E-state index is 12.8. The number of piperidine rings is 1. The second kappa shape index (κ2) is 9.76. The Hall–Kier alpha value is -1.67. The van der Waals surface area contributed by atoms with Crippen molar-refractivity contribution < 1.29 is 14.6 Å². The number of methoxy groups -OCH3 is 1. The van der Waals surface area contributed by atoms with Gasteiger partial charge < -0.3 is 20.1 Å². The number of halogens is 1. The molecule has 3 fully saturated rings. The normalized spacial score (nSPS) is 29.7. The van der Waals surface area contributed by atoms with Crippen molar-refractivity contribution in [2.75, 3.05) is 26.7 Å². The lowest BCUT2D eigenvalue weighted by atomic mass is 9.55. The van der Waals surface area contributed by atoms with Crippen LogP contribution in [0.3, 0.4) is 0 Å². The van der Waals surface area contributed by atoms with Crippen LogP contribution in [0, 0.1) is 5.92 Å². The molecule has 2 aliphatic carbocycles. The molecule has 7 heteroatoms. The summed E-state index contributed by atoms with van der Waals surface area (Å²) in [5.74, 6) is 1.54. The van der Waals surface area contributed by atoms with Crippen LogP contribution in [0.25, 0.3) is 6.08 Å². The fourth-order valence-electron chi connectivity index (χ4n) is 5.95. The Kier molecular flexibility index (Phi) is 6.90. The van der Waals surface area contributed by atoms with E-state index in [-0.39, 0.29) is 11.9 Å². The highest BCUT2D eigenvalue weighted by molar-refractivity contribution is 9.10. The number of nitrogens with zero attached hydrogens (tertiary/aromatic N) is 1. The van der Waals surface area contributed by atoms with E-state index in [1.807, 2.05) is 29.7 Å². The molecule has 2 N–H and O–H groups in total. The van der Waals surface area contributed by atoms with E-state index in [0.29, 0.717) is 13.0 Å². The largest absolute Gasteiger partial charge is 0.497 e. The van der Waals surface area contributed by atoms with Crippen molar-refractivity contribution in [2.45, 2.75) is 55.6 Å². The molecule has 1 amide bonds. The molecule has 34 heavy (non-hydrogen) atoms. The second-order valence-electron chi connectivity index (χ2n) is 10.2. The van der Waals surface area contributed by atoms with E-state index in [2.05, 4.69) is 38.3 Å². The minimum atomic E-state index is -0.813. The zero-order valence-electron chi connectivity index (χ0n) is 19.6.